The van der Waals surface area contributed by atoms with E-state index < -0.39 is 0 Å². The zero-order valence-electron chi connectivity index (χ0n) is 11.5. The van der Waals surface area contributed by atoms with Crippen LogP contribution in [0.2, 0.25) is 0 Å². The molecule has 1 aromatic carbocycles. The van der Waals surface area contributed by atoms with E-state index in [4.69, 9.17) is 0 Å². The Labute approximate surface area is 105 Å². The molecule has 0 aromatic heterocycles. The van der Waals surface area contributed by atoms with Gasteiger partial charge in [0, 0.05) is 24.8 Å². The van der Waals surface area contributed by atoms with E-state index in [-0.39, 0.29) is 0 Å². The van der Waals surface area contributed by atoms with Gasteiger partial charge >= 0.3 is 0 Å². The molecule has 2 unspecified atom stereocenters. The molecular formula is C15H24N2. The fourth-order valence-electron chi connectivity index (χ4n) is 2.91. The van der Waals surface area contributed by atoms with E-state index in [1.165, 1.54) is 29.8 Å². The van der Waals surface area contributed by atoms with E-state index in [1.807, 2.05) is 7.05 Å². The van der Waals surface area contributed by atoms with E-state index in [1.54, 1.807) is 0 Å². The van der Waals surface area contributed by atoms with Crippen molar-refractivity contribution in [2.24, 2.45) is 5.92 Å². The average Bonchev–Trinajstić information content (AvgIpc) is 2.61. The van der Waals surface area contributed by atoms with Crippen molar-refractivity contribution in [3.8, 4) is 0 Å². The Morgan fingerprint density at radius 2 is 2.12 bits per heavy atom. The van der Waals surface area contributed by atoms with Crippen molar-refractivity contribution in [1.29, 1.82) is 0 Å². The maximum Gasteiger partial charge on any atom is 0.0371 e. The van der Waals surface area contributed by atoms with Gasteiger partial charge in [0.25, 0.3) is 0 Å². The first-order valence-corrected chi connectivity index (χ1v) is 6.62. The lowest BCUT2D eigenvalue weighted by atomic mass is 10.1. The summed E-state index contributed by atoms with van der Waals surface area (Å²) >= 11 is 0. The molecule has 0 spiro atoms. The van der Waals surface area contributed by atoms with Gasteiger partial charge in [0.1, 0.15) is 0 Å². The van der Waals surface area contributed by atoms with E-state index in [0.29, 0.717) is 6.04 Å². The third kappa shape index (κ3) is 2.63. The monoisotopic (exact) mass is 232 g/mol. The third-order valence-corrected chi connectivity index (χ3v) is 3.81. The van der Waals surface area contributed by atoms with Crippen LogP contribution in [0.1, 0.15) is 31.4 Å². The van der Waals surface area contributed by atoms with Crippen LogP contribution in [0.25, 0.3) is 0 Å². The SMILES string of the molecule is CNCc1ccc(N2CC(C)CC2C)cc1C. The van der Waals surface area contributed by atoms with Crippen LogP contribution in [0.3, 0.4) is 0 Å². The number of nitrogens with zero attached hydrogens (tertiary/aromatic N) is 1. The zero-order valence-corrected chi connectivity index (χ0v) is 11.5. The molecule has 0 amide bonds. The zero-order chi connectivity index (χ0) is 12.4. The van der Waals surface area contributed by atoms with Crippen LogP contribution in [0, 0.1) is 12.8 Å². The second-order valence-corrected chi connectivity index (χ2v) is 5.48. The number of hydrogen-bond acceptors (Lipinski definition) is 2. The van der Waals surface area contributed by atoms with Gasteiger partial charge in [0.05, 0.1) is 0 Å². The Morgan fingerprint density at radius 1 is 1.35 bits per heavy atom. The highest BCUT2D eigenvalue weighted by Gasteiger charge is 2.26. The number of anilines is 1. The summed E-state index contributed by atoms with van der Waals surface area (Å²) in [6.45, 7) is 9.05. The molecule has 0 bridgehead atoms. The van der Waals surface area contributed by atoms with Gasteiger partial charge in [0.2, 0.25) is 0 Å². The van der Waals surface area contributed by atoms with Crippen LogP contribution >= 0.6 is 0 Å². The minimum Gasteiger partial charge on any atom is -0.369 e. The second-order valence-electron chi connectivity index (χ2n) is 5.48. The molecule has 2 atom stereocenters. The molecule has 0 saturated carbocycles. The summed E-state index contributed by atoms with van der Waals surface area (Å²) in [7, 11) is 2.00. The van der Waals surface area contributed by atoms with Crippen molar-refractivity contribution in [3.05, 3.63) is 29.3 Å². The van der Waals surface area contributed by atoms with Gasteiger partial charge < -0.3 is 10.2 Å². The van der Waals surface area contributed by atoms with Crippen LogP contribution in [0.5, 0.6) is 0 Å². The average molecular weight is 232 g/mol. The van der Waals surface area contributed by atoms with Crippen LogP contribution in [-0.4, -0.2) is 19.6 Å². The molecule has 1 N–H and O–H groups in total. The predicted octanol–water partition coefficient (Wildman–Crippen LogP) is 2.95. The molecule has 2 heteroatoms. The van der Waals surface area contributed by atoms with Crippen LogP contribution < -0.4 is 10.2 Å². The normalized spacial score (nSPS) is 24.4. The highest BCUT2D eigenvalue weighted by atomic mass is 15.2. The standard InChI is InChI=1S/C15H24N2/c1-11-7-13(3)17(10-11)15-6-5-14(9-16-4)12(2)8-15/h5-6,8,11,13,16H,7,9-10H2,1-4H3. The molecule has 94 valence electrons. The number of hydrogen-bond donors (Lipinski definition) is 1. The maximum atomic E-state index is 3.22. The van der Waals surface area contributed by atoms with Crippen molar-refractivity contribution in [2.75, 3.05) is 18.5 Å². The van der Waals surface area contributed by atoms with Gasteiger partial charge in [-0.25, -0.2) is 0 Å². The second kappa shape index (κ2) is 5.09. The minimum absolute atomic E-state index is 0.680. The smallest absolute Gasteiger partial charge is 0.0371 e. The lowest BCUT2D eigenvalue weighted by Gasteiger charge is -2.25. The summed E-state index contributed by atoms with van der Waals surface area (Å²) in [4.78, 5) is 2.54. The van der Waals surface area contributed by atoms with Crippen molar-refractivity contribution in [2.45, 2.75) is 39.8 Å². The lowest BCUT2D eigenvalue weighted by molar-refractivity contribution is 0.625. The first-order chi connectivity index (χ1) is 8.11. The molecule has 1 saturated heterocycles. The molecule has 2 nitrogen and oxygen atoms in total. The van der Waals surface area contributed by atoms with Gasteiger partial charge in [-0.1, -0.05) is 13.0 Å². The third-order valence-electron chi connectivity index (χ3n) is 3.81. The van der Waals surface area contributed by atoms with Crippen LogP contribution in [0.4, 0.5) is 5.69 Å². The van der Waals surface area contributed by atoms with Gasteiger partial charge in [-0.05, 0) is 56.5 Å². The Balaban J connectivity index is 2.20. The van der Waals surface area contributed by atoms with E-state index in [9.17, 15) is 0 Å². The summed E-state index contributed by atoms with van der Waals surface area (Å²) in [5.74, 6) is 0.822. The van der Waals surface area contributed by atoms with Crippen LogP contribution in [-0.2, 0) is 6.54 Å². The molecule has 1 aromatic rings. The molecule has 1 aliphatic heterocycles. The lowest BCUT2D eigenvalue weighted by Crippen LogP contribution is -2.26. The van der Waals surface area contributed by atoms with Crippen molar-refractivity contribution in [3.63, 3.8) is 0 Å². The Kier molecular flexibility index (Phi) is 3.72. The molecular weight excluding hydrogens is 208 g/mol. The molecule has 1 aliphatic rings. The molecule has 1 fully saturated rings. The summed E-state index contributed by atoms with van der Waals surface area (Å²) in [6.07, 6.45) is 1.32. The fraction of sp³-hybridized carbons (Fsp3) is 0.600. The summed E-state index contributed by atoms with van der Waals surface area (Å²) in [5.41, 5.74) is 4.18. The Morgan fingerprint density at radius 3 is 2.65 bits per heavy atom. The first kappa shape index (κ1) is 12.4. The molecule has 1 heterocycles. The van der Waals surface area contributed by atoms with Crippen LogP contribution in [0.15, 0.2) is 18.2 Å². The molecule has 17 heavy (non-hydrogen) atoms. The summed E-state index contributed by atoms with van der Waals surface area (Å²) in [6, 6.07) is 7.55. The van der Waals surface area contributed by atoms with Crippen molar-refractivity contribution < 1.29 is 0 Å². The topological polar surface area (TPSA) is 15.3 Å². The quantitative estimate of drug-likeness (QED) is 0.862. The molecule has 0 aliphatic carbocycles. The highest BCUT2D eigenvalue weighted by Crippen LogP contribution is 2.29. The number of aryl methyl sites for hydroxylation is 1. The van der Waals surface area contributed by atoms with Crippen molar-refractivity contribution in [1.82, 2.24) is 5.32 Å². The predicted molar refractivity (Wildman–Crippen MR) is 74.5 cm³/mol. The first-order valence-electron chi connectivity index (χ1n) is 6.62. The van der Waals surface area contributed by atoms with Gasteiger partial charge in [-0.3, -0.25) is 0 Å². The fourth-order valence-corrected chi connectivity index (χ4v) is 2.91. The Bertz CT molecular complexity index is 387. The van der Waals surface area contributed by atoms with E-state index in [0.717, 1.165) is 12.5 Å². The van der Waals surface area contributed by atoms with Gasteiger partial charge in [-0.2, -0.15) is 0 Å². The summed E-state index contributed by atoms with van der Waals surface area (Å²) < 4.78 is 0. The number of nitrogens with one attached hydrogen (secondary N) is 1. The maximum absolute atomic E-state index is 3.22. The van der Waals surface area contributed by atoms with Gasteiger partial charge in [0.15, 0.2) is 0 Å². The number of rotatable bonds is 3. The molecule has 0 radical (unpaired) electrons. The number of benzene rings is 1. The Hall–Kier alpha value is -1.02. The highest BCUT2D eigenvalue weighted by molar-refractivity contribution is 5.52. The van der Waals surface area contributed by atoms with Crippen molar-refractivity contribution >= 4 is 5.69 Å². The molecule has 2 rings (SSSR count). The van der Waals surface area contributed by atoms with Gasteiger partial charge in [-0.15, -0.1) is 0 Å². The summed E-state index contributed by atoms with van der Waals surface area (Å²) in [5, 5.41) is 3.22. The van der Waals surface area contributed by atoms with E-state index >= 15 is 0 Å². The largest absolute Gasteiger partial charge is 0.369 e. The minimum atomic E-state index is 0.680. The van der Waals surface area contributed by atoms with E-state index in [2.05, 4.69) is 49.2 Å².